The number of benzene rings is 1. The average Bonchev–Trinajstić information content (AvgIpc) is 1.77. The first kappa shape index (κ1) is 80.5. The number of carbonyl (C=O) groups is 12. The standard InChI is InChI=1S/C61H104N20O14/c1-32(2)28-41(51(87)74-40(49(65)85)30-36-16-8-7-9-17-36)75-53(89)43(31-46(64)84)76-52(88)42(29-33(3)4)77-56(92)47(34(5)82)79-57(93)48(35(6)83)78-55(91)45-22-15-27-81(45)59(95)39(20-13-25-71-61(68)69)73-50(86)38(19-10-11-23-62)72-54(90)44-21-14-26-80(44)58(94)37(63)18-12-24-70-60(66)67/h7-9,16-17,32-35,37-45,47-48,82-83H,10-15,18-31,62-63H2,1-6H3,(H2,64,84)(H2,65,85)(H,72,90)(H,73,86)(H,74,87)(H,75,89)(H,76,88)(H,77,92)(H,78,91)(H,79,93)(H4,66,67,70)(H4,68,69,71). The molecule has 0 aliphatic carbocycles. The molecule has 13 unspecified atom stereocenters. The summed E-state index contributed by atoms with van der Waals surface area (Å²) in [5.41, 5.74) is 45.8. The van der Waals surface area contributed by atoms with E-state index in [1.54, 1.807) is 58.0 Å². The average molecular weight is 1340 g/mol. The van der Waals surface area contributed by atoms with Crippen LogP contribution in [0.5, 0.6) is 0 Å². The molecule has 12 amide bonds. The van der Waals surface area contributed by atoms with Crippen molar-refractivity contribution < 1.29 is 67.7 Å². The summed E-state index contributed by atoms with van der Waals surface area (Å²) in [7, 11) is 0. The number of nitrogens with two attached hydrogens (primary N) is 8. The summed E-state index contributed by atoms with van der Waals surface area (Å²) in [6.07, 6.45) is -1.47. The number of hydrogen-bond donors (Lipinski definition) is 18. The van der Waals surface area contributed by atoms with Gasteiger partial charge in [0.25, 0.3) is 0 Å². The molecule has 0 saturated carbocycles. The number of aliphatic hydroxyl groups excluding tert-OH is 2. The number of aliphatic hydroxyl groups is 2. The Balaban J connectivity index is 1.83. The Hall–Kier alpha value is -8.76. The van der Waals surface area contributed by atoms with Gasteiger partial charge in [0, 0.05) is 32.6 Å². The highest BCUT2D eigenvalue weighted by Crippen LogP contribution is 2.23. The number of nitrogens with one attached hydrogen (secondary N) is 8. The minimum absolute atomic E-state index is 0.00508. The molecule has 2 saturated heterocycles. The number of carbonyl (C=O) groups excluding carboxylic acids is 12. The summed E-state index contributed by atoms with van der Waals surface area (Å²) in [6, 6.07) is -6.51. The maximum absolute atomic E-state index is 14.7. The van der Waals surface area contributed by atoms with Crippen molar-refractivity contribution in [1.29, 1.82) is 0 Å². The molecule has 26 N–H and O–H groups in total. The summed E-state index contributed by atoms with van der Waals surface area (Å²) in [5, 5.41) is 42.3. The van der Waals surface area contributed by atoms with Crippen LogP contribution in [0.3, 0.4) is 0 Å². The number of unbranched alkanes of at least 4 members (excludes halogenated alkanes) is 1. The number of nitrogens with zero attached hydrogens (tertiary/aromatic N) is 4. The van der Waals surface area contributed by atoms with Gasteiger partial charge in [-0.1, -0.05) is 58.0 Å². The maximum atomic E-state index is 14.7. The Morgan fingerprint density at radius 1 is 0.505 bits per heavy atom. The smallest absolute Gasteiger partial charge is 0.245 e. The van der Waals surface area contributed by atoms with E-state index in [-0.39, 0.29) is 121 Å². The van der Waals surface area contributed by atoms with Crippen molar-refractivity contribution in [3.05, 3.63) is 35.9 Å². The van der Waals surface area contributed by atoms with Crippen LogP contribution in [-0.2, 0) is 64.0 Å². The van der Waals surface area contributed by atoms with Crippen molar-refractivity contribution in [2.24, 2.45) is 67.7 Å². The summed E-state index contributed by atoms with van der Waals surface area (Å²) < 4.78 is 0. The lowest BCUT2D eigenvalue weighted by Gasteiger charge is -2.32. The van der Waals surface area contributed by atoms with Crippen LogP contribution >= 0.6 is 0 Å². The molecule has 3 rings (SSSR count). The van der Waals surface area contributed by atoms with E-state index in [4.69, 9.17) is 45.9 Å². The Morgan fingerprint density at radius 2 is 0.937 bits per heavy atom. The van der Waals surface area contributed by atoms with Gasteiger partial charge in [0.1, 0.15) is 60.4 Å². The van der Waals surface area contributed by atoms with E-state index in [0.717, 1.165) is 13.8 Å². The Kier molecular flexibility index (Phi) is 34.3. The zero-order chi connectivity index (χ0) is 71.2. The second-order valence-corrected chi connectivity index (χ2v) is 25.0. The molecule has 13 atom stereocenters. The molecule has 0 aromatic heterocycles. The highest BCUT2D eigenvalue weighted by molar-refractivity contribution is 6.00. The fourth-order valence-corrected chi connectivity index (χ4v) is 11.0. The number of hydrogen-bond acceptors (Lipinski definition) is 18. The summed E-state index contributed by atoms with van der Waals surface area (Å²) in [5.74, 6) is -11.4. The van der Waals surface area contributed by atoms with Crippen LogP contribution in [0.2, 0.25) is 0 Å². The molecular weight excluding hydrogens is 1240 g/mol. The normalized spacial score (nSPS) is 17.9. The van der Waals surface area contributed by atoms with Gasteiger partial charge in [0.05, 0.1) is 24.7 Å². The quantitative estimate of drug-likeness (QED) is 0.0165. The molecule has 532 valence electrons. The molecule has 34 nitrogen and oxygen atoms in total. The van der Waals surface area contributed by atoms with Crippen LogP contribution in [0.4, 0.5) is 0 Å². The van der Waals surface area contributed by atoms with Crippen molar-refractivity contribution >= 4 is 82.8 Å². The zero-order valence-corrected chi connectivity index (χ0v) is 55.4. The van der Waals surface area contributed by atoms with Gasteiger partial charge in [-0.25, -0.2) is 0 Å². The molecule has 2 aliphatic rings. The molecule has 2 aliphatic heterocycles. The third-order valence-corrected chi connectivity index (χ3v) is 15.9. The van der Waals surface area contributed by atoms with E-state index in [0.29, 0.717) is 31.2 Å². The number of guanidine groups is 2. The van der Waals surface area contributed by atoms with Crippen molar-refractivity contribution in [3.63, 3.8) is 0 Å². The van der Waals surface area contributed by atoms with Crippen LogP contribution in [-0.4, -0.2) is 214 Å². The van der Waals surface area contributed by atoms with Crippen LogP contribution in [0.25, 0.3) is 0 Å². The predicted octanol–water partition coefficient (Wildman–Crippen LogP) is -6.13. The van der Waals surface area contributed by atoms with Gasteiger partial charge >= 0.3 is 0 Å². The van der Waals surface area contributed by atoms with Gasteiger partial charge in [0.15, 0.2) is 11.9 Å². The second-order valence-electron chi connectivity index (χ2n) is 25.0. The van der Waals surface area contributed by atoms with Crippen LogP contribution in [0.15, 0.2) is 40.3 Å². The second kappa shape index (κ2) is 40.5. The number of likely N-dealkylation sites (tertiary alicyclic amines) is 2. The number of primary amides is 2. The SMILES string of the molecule is CC(C)CC(NC(=O)C(CC(N)=O)NC(=O)C(CC(C)C)NC(=O)C(NC(=O)C(NC(=O)C1CCCN1C(=O)C(CCCN=C(N)N)NC(=O)C(CCCCN)NC(=O)C1CCCN1C(=O)C(N)CCCN=C(N)N)C(C)O)C(C)O)C(=O)NC(Cc1ccccc1)C(N)=O. The lowest BCUT2D eigenvalue weighted by molar-refractivity contribution is -0.143. The molecule has 95 heavy (non-hydrogen) atoms. The topological polar surface area (TPSA) is 581 Å². The first-order chi connectivity index (χ1) is 44.8. The van der Waals surface area contributed by atoms with E-state index >= 15 is 0 Å². The molecule has 34 heteroatoms. The van der Waals surface area contributed by atoms with E-state index in [9.17, 15) is 67.7 Å². The molecule has 1 aromatic carbocycles. The summed E-state index contributed by atoms with van der Waals surface area (Å²) >= 11 is 0. The van der Waals surface area contributed by atoms with Crippen molar-refractivity contribution in [2.45, 2.75) is 217 Å². The summed E-state index contributed by atoms with van der Waals surface area (Å²) in [4.78, 5) is 176. The Morgan fingerprint density at radius 3 is 1.43 bits per heavy atom. The van der Waals surface area contributed by atoms with Gasteiger partial charge in [0.2, 0.25) is 70.9 Å². The van der Waals surface area contributed by atoms with Crippen LogP contribution in [0.1, 0.15) is 137 Å². The fourth-order valence-electron chi connectivity index (χ4n) is 11.0. The lowest BCUT2D eigenvalue weighted by atomic mass is 10.00. The monoisotopic (exact) mass is 1340 g/mol. The molecule has 1 aromatic rings. The van der Waals surface area contributed by atoms with E-state index in [2.05, 4.69) is 52.5 Å². The fraction of sp³-hybridized carbons (Fsp3) is 0.672. The first-order valence-corrected chi connectivity index (χ1v) is 32.3. The minimum atomic E-state index is -1.87. The molecule has 0 radical (unpaired) electrons. The number of aliphatic imine (C=N–C) groups is 2. The molecular formula is C61H104N20O14. The van der Waals surface area contributed by atoms with E-state index < -0.39 is 156 Å². The lowest BCUT2D eigenvalue weighted by Crippen LogP contribution is -2.63. The van der Waals surface area contributed by atoms with Gasteiger partial charge in [-0.3, -0.25) is 67.5 Å². The predicted molar refractivity (Wildman–Crippen MR) is 351 cm³/mol. The third kappa shape index (κ3) is 27.6. The van der Waals surface area contributed by atoms with E-state index in [1.807, 2.05) is 0 Å². The van der Waals surface area contributed by atoms with Gasteiger partial charge in [-0.15, -0.1) is 0 Å². The van der Waals surface area contributed by atoms with Crippen molar-refractivity contribution in [2.75, 3.05) is 32.7 Å². The first-order valence-electron chi connectivity index (χ1n) is 32.3. The third-order valence-electron chi connectivity index (χ3n) is 15.9. The largest absolute Gasteiger partial charge is 0.391 e. The Labute approximate surface area is 553 Å². The molecule has 0 bridgehead atoms. The maximum Gasteiger partial charge on any atom is 0.245 e. The Bertz CT molecular complexity index is 2820. The van der Waals surface area contributed by atoms with Gasteiger partial charge in [-0.05, 0) is 121 Å². The minimum Gasteiger partial charge on any atom is -0.391 e. The van der Waals surface area contributed by atoms with Crippen molar-refractivity contribution in [3.8, 4) is 0 Å². The van der Waals surface area contributed by atoms with Gasteiger partial charge in [-0.2, -0.15) is 0 Å². The zero-order valence-electron chi connectivity index (χ0n) is 55.4. The van der Waals surface area contributed by atoms with Crippen molar-refractivity contribution in [1.82, 2.24) is 52.3 Å². The molecule has 0 spiro atoms. The summed E-state index contributed by atoms with van der Waals surface area (Å²) in [6.45, 7) is 9.99. The molecule has 2 fully saturated rings. The van der Waals surface area contributed by atoms with Crippen LogP contribution in [0, 0.1) is 11.8 Å². The highest BCUT2D eigenvalue weighted by atomic mass is 16.3. The number of rotatable bonds is 41. The molecule has 2 heterocycles. The van der Waals surface area contributed by atoms with Crippen LogP contribution < -0.4 is 88.4 Å². The van der Waals surface area contributed by atoms with E-state index in [1.165, 1.54) is 9.80 Å². The van der Waals surface area contributed by atoms with Gasteiger partial charge < -0.3 is 108 Å². The number of amides is 12. The highest BCUT2D eigenvalue weighted by Gasteiger charge is 2.43.